The van der Waals surface area contributed by atoms with Gasteiger partial charge in [0.1, 0.15) is 18.1 Å². The Morgan fingerprint density at radius 1 is 1.30 bits per heavy atom. The van der Waals surface area contributed by atoms with Crippen LogP contribution in [0.3, 0.4) is 0 Å². The smallest absolute Gasteiger partial charge is 0.270 e. The molecule has 0 bridgehead atoms. The molecule has 0 aliphatic carbocycles. The van der Waals surface area contributed by atoms with E-state index in [1.165, 1.54) is 18.7 Å². The normalized spacial score (nSPS) is 17.3. The molecule has 3 heterocycles. The average molecular weight is 309 g/mol. The van der Waals surface area contributed by atoms with Crippen LogP contribution >= 0.6 is 0 Å². The lowest BCUT2D eigenvalue weighted by molar-refractivity contribution is 0.0928. The third-order valence-corrected chi connectivity index (χ3v) is 3.66. The topological polar surface area (TPSA) is 108 Å². The Kier molecular flexibility index (Phi) is 4.38. The number of carbonyl (C=O) groups excluding carboxylic acids is 1. The third-order valence-electron chi connectivity index (χ3n) is 3.66. The first kappa shape index (κ1) is 14.8. The second-order valence-electron chi connectivity index (χ2n) is 5.19. The molecule has 8 heteroatoms. The van der Waals surface area contributed by atoms with Crippen LogP contribution in [0.25, 0.3) is 0 Å². The highest BCUT2D eigenvalue weighted by molar-refractivity contribution is 5.92. The van der Waals surface area contributed by atoms with Gasteiger partial charge in [0.15, 0.2) is 11.5 Å². The summed E-state index contributed by atoms with van der Waals surface area (Å²) in [5.74, 6) is 0.342. The standard InChI is InChI=1S/C15H15N7O/c16-8-13-14(19-6-5-18-13)22-7-1-2-11(9-22)21-15(23)12-3-4-17-10-20-12/h3-6,10-11H,1-2,7,9H2,(H,21,23). The highest BCUT2D eigenvalue weighted by atomic mass is 16.1. The van der Waals surface area contributed by atoms with Gasteiger partial charge in [-0.05, 0) is 18.9 Å². The molecule has 0 aromatic carbocycles. The van der Waals surface area contributed by atoms with Gasteiger partial charge >= 0.3 is 0 Å². The Labute approximate surface area is 133 Å². The highest BCUT2D eigenvalue weighted by Crippen LogP contribution is 2.20. The van der Waals surface area contributed by atoms with E-state index in [4.69, 9.17) is 5.26 Å². The molecule has 1 aliphatic rings. The number of nitriles is 1. The van der Waals surface area contributed by atoms with Crippen LogP contribution in [0.2, 0.25) is 0 Å². The van der Waals surface area contributed by atoms with Gasteiger partial charge in [0, 0.05) is 37.7 Å². The van der Waals surface area contributed by atoms with E-state index in [9.17, 15) is 4.79 Å². The number of hydrogen-bond acceptors (Lipinski definition) is 7. The lowest BCUT2D eigenvalue weighted by atomic mass is 10.1. The summed E-state index contributed by atoms with van der Waals surface area (Å²) < 4.78 is 0. The number of amides is 1. The molecule has 3 rings (SSSR count). The van der Waals surface area contributed by atoms with Crippen molar-refractivity contribution in [3.63, 3.8) is 0 Å². The van der Waals surface area contributed by atoms with Gasteiger partial charge in [-0.25, -0.2) is 19.9 Å². The first-order valence-electron chi connectivity index (χ1n) is 7.31. The van der Waals surface area contributed by atoms with Gasteiger partial charge in [0.2, 0.25) is 0 Å². The van der Waals surface area contributed by atoms with E-state index in [0.717, 1.165) is 19.4 Å². The zero-order valence-corrected chi connectivity index (χ0v) is 12.4. The quantitative estimate of drug-likeness (QED) is 0.881. The SMILES string of the molecule is N#Cc1nccnc1N1CCCC(NC(=O)c2ccncn2)C1. The predicted octanol–water partition coefficient (Wildman–Crippen LogP) is 0.537. The van der Waals surface area contributed by atoms with E-state index in [1.807, 2.05) is 4.90 Å². The minimum Gasteiger partial charge on any atom is -0.352 e. The van der Waals surface area contributed by atoms with E-state index in [-0.39, 0.29) is 11.9 Å². The first-order valence-corrected chi connectivity index (χ1v) is 7.31. The molecule has 1 aliphatic heterocycles. The second-order valence-corrected chi connectivity index (χ2v) is 5.19. The summed E-state index contributed by atoms with van der Waals surface area (Å²) in [5.41, 5.74) is 0.643. The third kappa shape index (κ3) is 3.40. The maximum absolute atomic E-state index is 12.2. The van der Waals surface area contributed by atoms with Crippen LogP contribution in [0.15, 0.2) is 31.0 Å². The first-order chi connectivity index (χ1) is 11.3. The van der Waals surface area contributed by atoms with E-state index in [2.05, 4.69) is 31.3 Å². The molecular weight excluding hydrogens is 294 g/mol. The number of hydrogen-bond donors (Lipinski definition) is 1. The van der Waals surface area contributed by atoms with Gasteiger partial charge in [-0.1, -0.05) is 0 Å². The number of aromatic nitrogens is 4. The second kappa shape index (κ2) is 6.79. The van der Waals surface area contributed by atoms with Crippen molar-refractivity contribution in [2.24, 2.45) is 0 Å². The van der Waals surface area contributed by atoms with Crippen LogP contribution < -0.4 is 10.2 Å². The molecule has 8 nitrogen and oxygen atoms in total. The Morgan fingerprint density at radius 2 is 2.17 bits per heavy atom. The van der Waals surface area contributed by atoms with Gasteiger partial charge in [-0.2, -0.15) is 5.26 Å². The molecule has 1 atom stereocenters. The summed E-state index contributed by atoms with van der Waals surface area (Å²) in [4.78, 5) is 30.2. The highest BCUT2D eigenvalue weighted by Gasteiger charge is 2.24. The van der Waals surface area contributed by atoms with Crippen molar-refractivity contribution in [2.75, 3.05) is 18.0 Å². The largest absolute Gasteiger partial charge is 0.352 e. The molecule has 1 fully saturated rings. The molecule has 2 aromatic heterocycles. The Morgan fingerprint density at radius 3 is 2.96 bits per heavy atom. The minimum absolute atomic E-state index is 0.0280. The van der Waals surface area contributed by atoms with Crippen molar-refractivity contribution in [3.05, 3.63) is 42.4 Å². The molecule has 0 saturated carbocycles. The minimum atomic E-state index is -0.223. The summed E-state index contributed by atoms with van der Waals surface area (Å²) in [6.07, 6.45) is 7.72. The van der Waals surface area contributed by atoms with Crippen molar-refractivity contribution in [1.82, 2.24) is 25.3 Å². The molecular formula is C15H15N7O. The maximum atomic E-state index is 12.2. The number of rotatable bonds is 3. The molecule has 0 spiro atoms. The average Bonchev–Trinajstić information content (AvgIpc) is 2.62. The molecule has 0 radical (unpaired) electrons. The number of anilines is 1. The number of piperidine rings is 1. The Hall–Kier alpha value is -3.08. The fraction of sp³-hybridized carbons (Fsp3) is 0.333. The summed E-state index contributed by atoms with van der Waals surface area (Å²) in [6, 6.07) is 3.60. The fourth-order valence-corrected chi connectivity index (χ4v) is 2.61. The number of carbonyl (C=O) groups is 1. The molecule has 1 saturated heterocycles. The molecule has 1 unspecified atom stereocenters. The van der Waals surface area contributed by atoms with Crippen LogP contribution in [-0.2, 0) is 0 Å². The van der Waals surface area contributed by atoms with E-state index >= 15 is 0 Å². The Balaban J connectivity index is 1.69. The van der Waals surface area contributed by atoms with Crippen molar-refractivity contribution in [1.29, 1.82) is 5.26 Å². The van der Waals surface area contributed by atoms with Crippen LogP contribution in [0.4, 0.5) is 5.82 Å². The van der Waals surface area contributed by atoms with Crippen molar-refractivity contribution >= 4 is 11.7 Å². The van der Waals surface area contributed by atoms with E-state index in [1.54, 1.807) is 12.3 Å². The van der Waals surface area contributed by atoms with Gasteiger partial charge in [-0.3, -0.25) is 4.79 Å². The molecule has 1 amide bonds. The maximum Gasteiger partial charge on any atom is 0.270 e. The summed E-state index contributed by atoms with van der Waals surface area (Å²) in [5, 5.41) is 12.1. The fourth-order valence-electron chi connectivity index (χ4n) is 2.61. The number of nitrogens with zero attached hydrogens (tertiary/aromatic N) is 6. The molecule has 23 heavy (non-hydrogen) atoms. The summed E-state index contributed by atoms with van der Waals surface area (Å²) in [6.45, 7) is 1.37. The Bertz CT molecular complexity index is 728. The van der Waals surface area contributed by atoms with Gasteiger partial charge in [-0.15, -0.1) is 0 Å². The van der Waals surface area contributed by atoms with Crippen LogP contribution in [-0.4, -0.2) is 45.0 Å². The zero-order chi connectivity index (χ0) is 16.1. The van der Waals surface area contributed by atoms with Crippen molar-refractivity contribution < 1.29 is 4.79 Å². The monoisotopic (exact) mass is 309 g/mol. The molecule has 1 N–H and O–H groups in total. The summed E-state index contributed by atoms with van der Waals surface area (Å²) in [7, 11) is 0. The van der Waals surface area contributed by atoms with Crippen LogP contribution in [0.5, 0.6) is 0 Å². The molecule has 2 aromatic rings. The molecule has 116 valence electrons. The summed E-state index contributed by atoms with van der Waals surface area (Å²) >= 11 is 0. The number of nitrogens with one attached hydrogen (secondary N) is 1. The lowest BCUT2D eigenvalue weighted by Gasteiger charge is -2.33. The van der Waals surface area contributed by atoms with Crippen molar-refractivity contribution in [2.45, 2.75) is 18.9 Å². The zero-order valence-electron chi connectivity index (χ0n) is 12.4. The van der Waals surface area contributed by atoms with Crippen LogP contribution in [0, 0.1) is 11.3 Å². The van der Waals surface area contributed by atoms with Gasteiger partial charge < -0.3 is 10.2 Å². The van der Waals surface area contributed by atoms with Gasteiger partial charge in [0.25, 0.3) is 5.91 Å². The van der Waals surface area contributed by atoms with Crippen molar-refractivity contribution in [3.8, 4) is 6.07 Å². The lowest BCUT2D eigenvalue weighted by Crippen LogP contribution is -2.48. The van der Waals surface area contributed by atoms with Gasteiger partial charge in [0.05, 0.1) is 0 Å². The van der Waals surface area contributed by atoms with Crippen LogP contribution in [0.1, 0.15) is 29.0 Å². The van der Waals surface area contributed by atoms with E-state index < -0.39 is 0 Å². The predicted molar refractivity (Wildman–Crippen MR) is 81.5 cm³/mol. The van der Waals surface area contributed by atoms with E-state index in [0.29, 0.717) is 23.8 Å².